The number of piperazine rings is 1. The van der Waals surface area contributed by atoms with Crippen molar-refractivity contribution in [2.45, 2.75) is 58.9 Å². The Kier molecular flexibility index (Phi) is 11.6. The van der Waals surface area contributed by atoms with Crippen molar-refractivity contribution >= 4 is 35.8 Å². The Hall–Kier alpha value is -0.570. The highest BCUT2D eigenvalue weighted by atomic mass is 127. The third-order valence-corrected chi connectivity index (χ3v) is 5.64. The van der Waals surface area contributed by atoms with Crippen LogP contribution in [0.1, 0.15) is 52.9 Å². The number of carbonyl (C=O) groups excluding carboxylic acids is 1. The summed E-state index contributed by atoms with van der Waals surface area (Å²) in [6, 6.07) is 0.00116. The third kappa shape index (κ3) is 7.75. The molecule has 1 amide bonds. The summed E-state index contributed by atoms with van der Waals surface area (Å²) in [6.07, 6.45) is 6.07. The minimum Gasteiger partial charge on any atom is -0.356 e. The SMILES string of the molecule is CN=C(NCCCCC(C)C)N1CCN(C(C)C(=O)N2CCCC2)CC1.I. The number of rotatable bonds is 7. The van der Waals surface area contributed by atoms with Gasteiger partial charge < -0.3 is 15.1 Å². The molecule has 1 unspecified atom stereocenters. The van der Waals surface area contributed by atoms with Gasteiger partial charge in [-0.15, -0.1) is 24.0 Å². The van der Waals surface area contributed by atoms with Gasteiger partial charge in [-0.2, -0.15) is 0 Å². The third-order valence-electron chi connectivity index (χ3n) is 5.64. The lowest BCUT2D eigenvalue weighted by atomic mass is 10.1. The molecule has 0 aromatic heterocycles. The number of carbonyl (C=O) groups is 1. The Bertz CT molecular complexity index is 457. The van der Waals surface area contributed by atoms with Crippen LogP contribution in [0.15, 0.2) is 4.99 Å². The number of nitrogens with one attached hydrogen (secondary N) is 1. The topological polar surface area (TPSA) is 51.2 Å². The average Bonchev–Trinajstić information content (AvgIpc) is 3.18. The average molecular weight is 493 g/mol. The number of amides is 1. The number of aliphatic imine (C=N–C) groups is 1. The molecule has 2 fully saturated rings. The van der Waals surface area contributed by atoms with Crippen molar-refractivity contribution in [1.82, 2.24) is 20.0 Å². The zero-order valence-electron chi connectivity index (χ0n) is 17.7. The van der Waals surface area contributed by atoms with Gasteiger partial charge in [0.1, 0.15) is 0 Å². The largest absolute Gasteiger partial charge is 0.356 e. The number of hydrogen-bond donors (Lipinski definition) is 1. The summed E-state index contributed by atoms with van der Waals surface area (Å²) in [5.74, 6) is 2.10. The van der Waals surface area contributed by atoms with Crippen molar-refractivity contribution in [2.24, 2.45) is 10.9 Å². The van der Waals surface area contributed by atoms with Crippen molar-refractivity contribution < 1.29 is 4.79 Å². The second-order valence-corrected chi connectivity index (χ2v) is 8.10. The molecule has 0 bridgehead atoms. The smallest absolute Gasteiger partial charge is 0.239 e. The van der Waals surface area contributed by atoms with E-state index in [-0.39, 0.29) is 30.0 Å². The lowest BCUT2D eigenvalue weighted by molar-refractivity contribution is -0.135. The molecule has 2 aliphatic heterocycles. The molecule has 2 saturated heterocycles. The first kappa shape index (κ1) is 24.5. The van der Waals surface area contributed by atoms with E-state index in [9.17, 15) is 4.79 Å². The van der Waals surface area contributed by atoms with E-state index in [0.29, 0.717) is 5.91 Å². The van der Waals surface area contributed by atoms with Crippen LogP contribution >= 0.6 is 24.0 Å². The molecular weight excluding hydrogens is 453 g/mol. The van der Waals surface area contributed by atoms with Gasteiger partial charge in [0.2, 0.25) is 5.91 Å². The Labute approximate surface area is 183 Å². The Morgan fingerprint density at radius 2 is 1.59 bits per heavy atom. The molecule has 158 valence electrons. The van der Waals surface area contributed by atoms with Crippen LogP contribution in [-0.4, -0.2) is 85.5 Å². The van der Waals surface area contributed by atoms with Gasteiger partial charge in [-0.3, -0.25) is 14.7 Å². The summed E-state index contributed by atoms with van der Waals surface area (Å²) < 4.78 is 0. The standard InChI is InChI=1S/C20H39N5O.HI/c1-17(2)9-5-6-10-22-20(21-4)25-15-13-23(14-16-25)18(3)19(26)24-11-7-8-12-24;/h17-18H,5-16H2,1-4H3,(H,21,22);1H. The van der Waals surface area contributed by atoms with Crippen molar-refractivity contribution in [2.75, 3.05) is 52.9 Å². The first-order valence-corrected chi connectivity index (χ1v) is 10.5. The molecular formula is C20H40IN5O. The fraction of sp³-hybridized carbons (Fsp3) is 0.900. The minimum absolute atomic E-state index is 0. The van der Waals surface area contributed by atoms with Gasteiger partial charge in [-0.1, -0.05) is 26.7 Å². The van der Waals surface area contributed by atoms with Gasteiger partial charge in [0, 0.05) is 52.9 Å². The molecule has 27 heavy (non-hydrogen) atoms. The predicted octanol–water partition coefficient (Wildman–Crippen LogP) is 2.63. The molecule has 1 atom stereocenters. The Morgan fingerprint density at radius 3 is 2.15 bits per heavy atom. The normalized spacial score (nSPS) is 20.0. The van der Waals surface area contributed by atoms with E-state index in [4.69, 9.17) is 0 Å². The van der Waals surface area contributed by atoms with Crippen LogP contribution in [0.5, 0.6) is 0 Å². The summed E-state index contributed by atoms with van der Waals surface area (Å²) >= 11 is 0. The maximum atomic E-state index is 12.6. The molecule has 0 saturated carbocycles. The fourth-order valence-electron chi connectivity index (χ4n) is 3.89. The van der Waals surface area contributed by atoms with E-state index in [1.54, 1.807) is 0 Å². The van der Waals surface area contributed by atoms with Gasteiger partial charge >= 0.3 is 0 Å². The van der Waals surface area contributed by atoms with Gasteiger partial charge in [0.25, 0.3) is 0 Å². The summed E-state index contributed by atoms with van der Waals surface area (Å²) in [5, 5.41) is 3.51. The maximum absolute atomic E-state index is 12.6. The van der Waals surface area contributed by atoms with Gasteiger partial charge in [-0.05, 0) is 32.1 Å². The van der Waals surface area contributed by atoms with Crippen LogP contribution in [0.2, 0.25) is 0 Å². The first-order valence-electron chi connectivity index (χ1n) is 10.5. The van der Waals surface area contributed by atoms with Crippen LogP contribution in [0.4, 0.5) is 0 Å². The number of nitrogens with zero attached hydrogens (tertiary/aromatic N) is 4. The summed E-state index contributed by atoms with van der Waals surface area (Å²) in [5.41, 5.74) is 0. The van der Waals surface area contributed by atoms with E-state index in [0.717, 1.165) is 70.5 Å². The molecule has 2 aliphatic rings. The van der Waals surface area contributed by atoms with Gasteiger partial charge in [-0.25, -0.2) is 0 Å². The number of unbranched alkanes of at least 4 members (excludes halogenated alkanes) is 1. The molecule has 0 aromatic carbocycles. The molecule has 0 aliphatic carbocycles. The number of hydrogen-bond acceptors (Lipinski definition) is 3. The Morgan fingerprint density at radius 1 is 0.963 bits per heavy atom. The molecule has 0 aromatic rings. The summed E-state index contributed by atoms with van der Waals surface area (Å²) in [7, 11) is 1.86. The molecule has 2 heterocycles. The first-order chi connectivity index (χ1) is 12.5. The van der Waals surface area contributed by atoms with Crippen molar-refractivity contribution in [3.63, 3.8) is 0 Å². The molecule has 1 N–H and O–H groups in total. The highest BCUT2D eigenvalue weighted by Crippen LogP contribution is 2.14. The molecule has 7 heteroatoms. The van der Waals surface area contributed by atoms with E-state index < -0.39 is 0 Å². The van der Waals surface area contributed by atoms with Crippen LogP contribution in [0.3, 0.4) is 0 Å². The van der Waals surface area contributed by atoms with Gasteiger partial charge in [0.05, 0.1) is 6.04 Å². The second kappa shape index (κ2) is 12.8. The van der Waals surface area contributed by atoms with Crippen molar-refractivity contribution in [3.05, 3.63) is 0 Å². The van der Waals surface area contributed by atoms with Crippen LogP contribution in [-0.2, 0) is 4.79 Å². The Balaban J connectivity index is 0.00000364. The maximum Gasteiger partial charge on any atom is 0.239 e. The van der Waals surface area contributed by atoms with Gasteiger partial charge in [0.15, 0.2) is 5.96 Å². The molecule has 2 rings (SSSR count). The molecule has 0 spiro atoms. The van der Waals surface area contributed by atoms with E-state index in [2.05, 4.69) is 40.9 Å². The molecule has 6 nitrogen and oxygen atoms in total. The zero-order chi connectivity index (χ0) is 18.9. The van der Waals surface area contributed by atoms with Crippen LogP contribution in [0.25, 0.3) is 0 Å². The predicted molar refractivity (Wildman–Crippen MR) is 124 cm³/mol. The lowest BCUT2D eigenvalue weighted by Gasteiger charge is -2.39. The number of halogens is 1. The highest BCUT2D eigenvalue weighted by molar-refractivity contribution is 14.0. The summed E-state index contributed by atoms with van der Waals surface area (Å²) in [6.45, 7) is 13.2. The van der Waals surface area contributed by atoms with E-state index in [1.807, 2.05) is 11.9 Å². The van der Waals surface area contributed by atoms with Crippen molar-refractivity contribution in [3.8, 4) is 0 Å². The minimum atomic E-state index is 0. The fourth-order valence-corrected chi connectivity index (χ4v) is 3.89. The second-order valence-electron chi connectivity index (χ2n) is 8.10. The monoisotopic (exact) mass is 493 g/mol. The highest BCUT2D eigenvalue weighted by Gasteiger charge is 2.30. The van der Waals surface area contributed by atoms with Crippen molar-refractivity contribution in [1.29, 1.82) is 0 Å². The summed E-state index contributed by atoms with van der Waals surface area (Å²) in [4.78, 5) is 23.7. The number of guanidine groups is 1. The zero-order valence-corrected chi connectivity index (χ0v) is 20.1. The molecule has 0 radical (unpaired) electrons. The number of likely N-dealkylation sites (tertiary alicyclic amines) is 1. The quantitative estimate of drug-likeness (QED) is 0.257. The van der Waals surface area contributed by atoms with Crippen LogP contribution in [0, 0.1) is 5.92 Å². The van der Waals surface area contributed by atoms with E-state index >= 15 is 0 Å². The van der Waals surface area contributed by atoms with E-state index in [1.165, 1.54) is 19.3 Å². The van der Waals surface area contributed by atoms with Crippen LogP contribution < -0.4 is 5.32 Å². The lowest BCUT2D eigenvalue weighted by Crippen LogP contribution is -2.57.